The van der Waals surface area contributed by atoms with E-state index in [-0.39, 0.29) is 0 Å². The molecule has 0 aliphatic carbocycles. The summed E-state index contributed by atoms with van der Waals surface area (Å²) in [6, 6.07) is 0. The Kier molecular flexibility index (Phi) is 15.5. The van der Waals surface area contributed by atoms with Gasteiger partial charge in [0, 0.05) is 0 Å². The zero-order chi connectivity index (χ0) is 17.3. The van der Waals surface area contributed by atoms with Gasteiger partial charge in [-0.05, 0) is 56.8 Å². The maximum absolute atomic E-state index is 4.05. The van der Waals surface area contributed by atoms with E-state index in [0.29, 0.717) is 11.8 Å². The Balaban J connectivity index is 4.28. The highest BCUT2D eigenvalue weighted by atomic mass is 14.2. The standard InChI is InChI=1S/C23H42/c1-6-9-11-13-15-17-19-22(18-16-14-12-10-7-2)20-23(8-3)21(4)5/h7-8,19,21,23H,2-3,6,9-18,20H2,1,4-5H3. The number of hydrogen-bond donors (Lipinski definition) is 0. The summed E-state index contributed by atoms with van der Waals surface area (Å²) in [5.41, 5.74) is 1.68. The molecule has 0 nitrogen and oxygen atoms in total. The molecular formula is C23H42. The van der Waals surface area contributed by atoms with Crippen LogP contribution >= 0.6 is 0 Å². The molecule has 0 heterocycles. The van der Waals surface area contributed by atoms with E-state index in [1.54, 1.807) is 5.57 Å². The molecule has 0 amide bonds. The van der Waals surface area contributed by atoms with Gasteiger partial charge >= 0.3 is 0 Å². The van der Waals surface area contributed by atoms with Gasteiger partial charge in [0.1, 0.15) is 0 Å². The average molecular weight is 319 g/mol. The SMILES string of the molecule is C=CCCCCCC(=CCCCCCCC)CC(C=C)C(C)C. The quantitative estimate of drug-likeness (QED) is 0.198. The molecule has 0 aromatic carbocycles. The van der Waals surface area contributed by atoms with Crippen LogP contribution in [0.5, 0.6) is 0 Å². The molecule has 23 heavy (non-hydrogen) atoms. The molecule has 134 valence electrons. The van der Waals surface area contributed by atoms with Crippen molar-refractivity contribution >= 4 is 0 Å². The Labute approximate surface area is 147 Å². The van der Waals surface area contributed by atoms with Gasteiger partial charge in [-0.2, -0.15) is 0 Å². The predicted molar refractivity (Wildman–Crippen MR) is 108 cm³/mol. The van der Waals surface area contributed by atoms with Crippen LogP contribution in [0.1, 0.15) is 97.8 Å². The van der Waals surface area contributed by atoms with Gasteiger partial charge in [0.05, 0.1) is 0 Å². The lowest BCUT2D eigenvalue weighted by molar-refractivity contribution is 0.454. The zero-order valence-electron chi connectivity index (χ0n) is 16.3. The fraction of sp³-hybridized carbons (Fsp3) is 0.739. The van der Waals surface area contributed by atoms with E-state index < -0.39 is 0 Å². The van der Waals surface area contributed by atoms with E-state index in [9.17, 15) is 0 Å². The molecule has 0 aromatic heterocycles. The van der Waals surface area contributed by atoms with E-state index in [1.165, 1.54) is 70.6 Å². The van der Waals surface area contributed by atoms with E-state index in [2.05, 4.69) is 46.1 Å². The molecule has 0 aromatic rings. The third-order valence-electron chi connectivity index (χ3n) is 4.80. The summed E-state index contributed by atoms with van der Waals surface area (Å²) in [7, 11) is 0. The van der Waals surface area contributed by atoms with Crippen molar-refractivity contribution in [3.05, 3.63) is 37.0 Å². The van der Waals surface area contributed by atoms with Gasteiger partial charge in [0.2, 0.25) is 0 Å². The molecule has 0 bridgehead atoms. The molecule has 0 rings (SSSR count). The normalized spacial score (nSPS) is 13.3. The molecule has 0 radical (unpaired) electrons. The van der Waals surface area contributed by atoms with Crippen molar-refractivity contribution in [1.29, 1.82) is 0 Å². The minimum atomic E-state index is 0.634. The van der Waals surface area contributed by atoms with Gasteiger partial charge in [-0.3, -0.25) is 0 Å². The van der Waals surface area contributed by atoms with Gasteiger partial charge in [-0.15, -0.1) is 13.2 Å². The summed E-state index contributed by atoms with van der Waals surface area (Å²) in [6.45, 7) is 14.8. The molecular weight excluding hydrogens is 276 g/mol. The van der Waals surface area contributed by atoms with Crippen LogP contribution in [-0.2, 0) is 0 Å². The summed E-state index contributed by atoms with van der Waals surface area (Å²) in [5, 5.41) is 0. The molecule has 0 spiro atoms. The smallest absolute Gasteiger partial charge is 0.0176 e. The third-order valence-corrected chi connectivity index (χ3v) is 4.80. The second-order valence-electron chi connectivity index (χ2n) is 7.30. The molecule has 1 unspecified atom stereocenters. The maximum atomic E-state index is 4.05. The van der Waals surface area contributed by atoms with Crippen molar-refractivity contribution in [1.82, 2.24) is 0 Å². The van der Waals surface area contributed by atoms with Crippen LogP contribution in [0.2, 0.25) is 0 Å². The number of hydrogen-bond acceptors (Lipinski definition) is 0. The van der Waals surface area contributed by atoms with Crippen molar-refractivity contribution in [2.24, 2.45) is 11.8 Å². The molecule has 1 atom stereocenters. The van der Waals surface area contributed by atoms with Gasteiger partial charge < -0.3 is 0 Å². The Hall–Kier alpha value is -0.780. The molecule has 0 aliphatic rings. The van der Waals surface area contributed by atoms with E-state index >= 15 is 0 Å². The second kappa shape index (κ2) is 16.1. The minimum Gasteiger partial charge on any atom is -0.103 e. The molecule has 0 N–H and O–H groups in total. The monoisotopic (exact) mass is 318 g/mol. The highest BCUT2D eigenvalue weighted by Gasteiger charge is 2.11. The van der Waals surface area contributed by atoms with Crippen LogP contribution in [0.4, 0.5) is 0 Å². The lowest BCUT2D eigenvalue weighted by Gasteiger charge is -2.19. The topological polar surface area (TPSA) is 0 Å². The third kappa shape index (κ3) is 13.4. The van der Waals surface area contributed by atoms with Crippen LogP contribution in [-0.4, -0.2) is 0 Å². The Morgan fingerprint density at radius 2 is 1.52 bits per heavy atom. The predicted octanol–water partition coefficient (Wildman–Crippen LogP) is 8.26. The maximum Gasteiger partial charge on any atom is -0.0176 e. The van der Waals surface area contributed by atoms with Gasteiger partial charge in [0.25, 0.3) is 0 Å². The highest BCUT2D eigenvalue weighted by Crippen LogP contribution is 2.25. The van der Waals surface area contributed by atoms with Crippen LogP contribution in [0.3, 0.4) is 0 Å². The minimum absolute atomic E-state index is 0.634. The lowest BCUT2D eigenvalue weighted by Crippen LogP contribution is -2.06. The van der Waals surface area contributed by atoms with Crippen LogP contribution in [0.25, 0.3) is 0 Å². The second-order valence-corrected chi connectivity index (χ2v) is 7.30. The summed E-state index contributed by atoms with van der Waals surface area (Å²) in [6.07, 6.45) is 22.5. The fourth-order valence-corrected chi connectivity index (χ4v) is 3.05. The van der Waals surface area contributed by atoms with Crippen molar-refractivity contribution < 1.29 is 0 Å². The fourth-order valence-electron chi connectivity index (χ4n) is 3.05. The molecule has 0 fully saturated rings. The van der Waals surface area contributed by atoms with Crippen molar-refractivity contribution in [2.75, 3.05) is 0 Å². The van der Waals surface area contributed by atoms with Crippen molar-refractivity contribution in [2.45, 2.75) is 97.8 Å². The molecule has 0 aliphatic heterocycles. The first-order valence-corrected chi connectivity index (χ1v) is 10.1. The first-order valence-electron chi connectivity index (χ1n) is 10.1. The van der Waals surface area contributed by atoms with Crippen LogP contribution in [0, 0.1) is 11.8 Å². The summed E-state index contributed by atoms with van der Waals surface area (Å²) >= 11 is 0. The Morgan fingerprint density at radius 1 is 0.870 bits per heavy atom. The highest BCUT2D eigenvalue weighted by molar-refractivity contribution is 5.06. The first kappa shape index (κ1) is 22.2. The first-order chi connectivity index (χ1) is 11.2. The van der Waals surface area contributed by atoms with Gasteiger partial charge in [0.15, 0.2) is 0 Å². The van der Waals surface area contributed by atoms with Crippen LogP contribution in [0.15, 0.2) is 37.0 Å². The van der Waals surface area contributed by atoms with Crippen molar-refractivity contribution in [3.63, 3.8) is 0 Å². The van der Waals surface area contributed by atoms with Gasteiger partial charge in [-0.1, -0.05) is 76.7 Å². The van der Waals surface area contributed by atoms with Crippen LogP contribution < -0.4 is 0 Å². The summed E-state index contributed by atoms with van der Waals surface area (Å²) in [5.74, 6) is 1.33. The summed E-state index contributed by atoms with van der Waals surface area (Å²) < 4.78 is 0. The Bertz CT molecular complexity index is 308. The summed E-state index contributed by atoms with van der Waals surface area (Å²) in [4.78, 5) is 0. The largest absolute Gasteiger partial charge is 0.103 e. The van der Waals surface area contributed by atoms with E-state index in [1.807, 2.05) is 6.08 Å². The number of allylic oxidation sites excluding steroid dienone is 4. The molecule has 0 heteroatoms. The van der Waals surface area contributed by atoms with E-state index in [4.69, 9.17) is 0 Å². The van der Waals surface area contributed by atoms with E-state index in [0.717, 1.165) is 6.42 Å². The molecule has 0 saturated heterocycles. The average Bonchev–Trinajstić information content (AvgIpc) is 2.54. The lowest BCUT2D eigenvalue weighted by atomic mass is 9.87. The number of rotatable bonds is 16. The van der Waals surface area contributed by atoms with Gasteiger partial charge in [-0.25, -0.2) is 0 Å². The Morgan fingerprint density at radius 3 is 2.13 bits per heavy atom. The molecule has 0 saturated carbocycles. The zero-order valence-corrected chi connectivity index (χ0v) is 16.3. The number of unbranched alkanes of at least 4 members (excludes halogenated alkanes) is 8. The van der Waals surface area contributed by atoms with Crippen molar-refractivity contribution in [3.8, 4) is 0 Å².